The topological polar surface area (TPSA) is 9.23 Å². The summed E-state index contributed by atoms with van der Waals surface area (Å²) >= 11 is 0. The van der Waals surface area contributed by atoms with Gasteiger partial charge in [-0.2, -0.15) is 0 Å². The number of rotatable bonds is 5. The fourth-order valence-electron chi connectivity index (χ4n) is 3.38. The molecule has 0 heterocycles. The van der Waals surface area contributed by atoms with Crippen LogP contribution in [0.4, 0.5) is 0 Å². The van der Waals surface area contributed by atoms with E-state index in [1.54, 1.807) is 0 Å². The highest BCUT2D eigenvalue weighted by molar-refractivity contribution is 5.54. The molecule has 0 spiro atoms. The Hall–Kier alpha value is -0.980. The lowest BCUT2D eigenvalue weighted by Crippen LogP contribution is -2.22. The monoisotopic (exact) mass is 332 g/mol. The SMILES string of the molecule is CCc1c(C(C)(C)C)cc(C(C)C)c(OC(C)C)c1CC(C)(C)C. The average molecular weight is 333 g/mol. The average Bonchev–Trinajstić information content (AvgIpc) is 2.36. The fraction of sp³-hybridized carbons (Fsp3) is 0.739. The molecule has 0 N–H and O–H groups in total. The summed E-state index contributed by atoms with van der Waals surface area (Å²) < 4.78 is 6.39. The molecule has 0 bridgehead atoms. The molecule has 24 heavy (non-hydrogen) atoms. The zero-order valence-electron chi connectivity index (χ0n) is 18.1. The summed E-state index contributed by atoms with van der Waals surface area (Å²) in [5.41, 5.74) is 6.18. The van der Waals surface area contributed by atoms with E-state index in [2.05, 4.69) is 82.2 Å². The highest BCUT2D eigenvalue weighted by Crippen LogP contribution is 2.42. The van der Waals surface area contributed by atoms with Crippen LogP contribution in [0.1, 0.15) is 104 Å². The molecule has 1 aromatic rings. The van der Waals surface area contributed by atoms with E-state index < -0.39 is 0 Å². The Bertz CT molecular complexity index is 551. The molecule has 1 heteroatoms. The van der Waals surface area contributed by atoms with E-state index in [1.165, 1.54) is 22.3 Å². The highest BCUT2D eigenvalue weighted by Gasteiger charge is 2.28. The molecular weight excluding hydrogens is 292 g/mol. The zero-order valence-corrected chi connectivity index (χ0v) is 18.1. The summed E-state index contributed by atoms with van der Waals surface area (Å²) in [7, 11) is 0. The van der Waals surface area contributed by atoms with E-state index in [9.17, 15) is 0 Å². The quantitative estimate of drug-likeness (QED) is 0.561. The minimum Gasteiger partial charge on any atom is -0.490 e. The van der Waals surface area contributed by atoms with Gasteiger partial charge in [-0.05, 0) is 65.7 Å². The van der Waals surface area contributed by atoms with Crippen molar-refractivity contribution in [2.45, 2.75) is 106 Å². The summed E-state index contributed by atoms with van der Waals surface area (Å²) in [5.74, 6) is 1.62. The van der Waals surface area contributed by atoms with Crippen LogP contribution in [0.2, 0.25) is 0 Å². The largest absolute Gasteiger partial charge is 0.490 e. The minimum atomic E-state index is 0.151. The minimum absolute atomic E-state index is 0.151. The molecule has 1 aromatic carbocycles. The normalized spacial score (nSPS) is 13.0. The van der Waals surface area contributed by atoms with Crippen LogP contribution in [0.5, 0.6) is 5.75 Å². The lowest BCUT2D eigenvalue weighted by molar-refractivity contribution is 0.233. The van der Waals surface area contributed by atoms with Crippen LogP contribution in [0, 0.1) is 5.41 Å². The van der Waals surface area contributed by atoms with Gasteiger partial charge in [-0.15, -0.1) is 0 Å². The van der Waals surface area contributed by atoms with Crippen molar-refractivity contribution in [2.75, 3.05) is 0 Å². The molecule has 0 aromatic heterocycles. The first kappa shape index (κ1) is 21.1. The summed E-state index contributed by atoms with van der Waals surface area (Å²) in [6.07, 6.45) is 2.32. The van der Waals surface area contributed by atoms with Gasteiger partial charge in [0, 0.05) is 0 Å². The Labute approximate surface area is 151 Å². The molecular formula is C23H40O. The Balaban J connectivity index is 3.82. The number of benzene rings is 1. The van der Waals surface area contributed by atoms with Crippen LogP contribution in [0.15, 0.2) is 6.07 Å². The smallest absolute Gasteiger partial charge is 0.126 e. The van der Waals surface area contributed by atoms with E-state index in [1.807, 2.05) is 0 Å². The van der Waals surface area contributed by atoms with E-state index in [4.69, 9.17) is 4.74 Å². The molecule has 0 aliphatic heterocycles. The number of hydrogen-bond donors (Lipinski definition) is 0. The molecule has 138 valence electrons. The van der Waals surface area contributed by atoms with E-state index >= 15 is 0 Å². The maximum Gasteiger partial charge on any atom is 0.126 e. The van der Waals surface area contributed by atoms with Crippen molar-refractivity contribution in [3.63, 3.8) is 0 Å². The van der Waals surface area contributed by atoms with Gasteiger partial charge in [0.25, 0.3) is 0 Å². The number of hydrogen-bond acceptors (Lipinski definition) is 1. The van der Waals surface area contributed by atoms with Gasteiger partial charge in [0.05, 0.1) is 6.10 Å². The van der Waals surface area contributed by atoms with Crippen LogP contribution in [-0.2, 0) is 18.3 Å². The van der Waals surface area contributed by atoms with Crippen LogP contribution in [0.25, 0.3) is 0 Å². The molecule has 0 atom stereocenters. The Morgan fingerprint density at radius 2 is 1.46 bits per heavy atom. The molecule has 0 radical (unpaired) electrons. The maximum atomic E-state index is 6.39. The second kappa shape index (κ2) is 7.50. The second-order valence-corrected chi connectivity index (χ2v) is 9.96. The van der Waals surface area contributed by atoms with Gasteiger partial charge >= 0.3 is 0 Å². The summed E-state index contributed by atoms with van der Waals surface area (Å²) in [6, 6.07) is 2.42. The molecule has 1 nitrogen and oxygen atoms in total. The van der Waals surface area contributed by atoms with E-state index in [-0.39, 0.29) is 16.9 Å². The lowest BCUT2D eigenvalue weighted by Gasteiger charge is -2.32. The van der Waals surface area contributed by atoms with Crippen LogP contribution in [0.3, 0.4) is 0 Å². The van der Waals surface area contributed by atoms with Crippen molar-refractivity contribution in [3.05, 3.63) is 28.3 Å². The van der Waals surface area contributed by atoms with Gasteiger partial charge in [-0.1, -0.05) is 68.4 Å². The maximum absolute atomic E-state index is 6.39. The van der Waals surface area contributed by atoms with Crippen LogP contribution < -0.4 is 4.74 Å². The van der Waals surface area contributed by atoms with Crippen molar-refractivity contribution >= 4 is 0 Å². The first-order chi connectivity index (χ1) is 10.8. The molecule has 1 rings (SSSR count). The predicted molar refractivity (Wildman–Crippen MR) is 108 cm³/mol. The third kappa shape index (κ3) is 5.26. The Morgan fingerprint density at radius 1 is 0.917 bits per heavy atom. The van der Waals surface area contributed by atoms with Crippen LogP contribution >= 0.6 is 0 Å². The van der Waals surface area contributed by atoms with E-state index in [0.717, 1.165) is 18.6 Å². The second-order valence-electron chi connectivity index (χ2n) is 9.96. The highest BCUT2D eigenvalue weighted by atomic mass is 16.5. The lowest BCUT2D eigenvalue weighted by atomic mass is 9.75. The van der Waals surface area contributed by atoms with Gasteiger partial charge < -0.3 is 4.74 Å². The van der Waals surface area contributed by atoms with Gasteiger partial charge in [-0.25, -0.2) is 0 Å². The third-order valence-corrected chi connectivity index (χ3v) is 4.37. The van der Waals surface area contributed by atoms with Crippen molar-refractivity contribution in [1.29, 1.82) is 0 Å². The molecule has 0 amide bonds. The number of ether oxygens (including phenoxy) is 1. The standard InChI is InChI=1S/C23H40O/c1-12-17-19(14-22(6,7)8)21(24-16(4)5)18(15(2)3)13-20(17)23(9,10)11/h13,15-16H,12,14H2,1-11H3. The Kier molecular flexibility index (Phi) is 6.58. The first-order valence-electron chi connectivity index (χ1n) is 9.63. The molecule has 0 saturated carbocycles. The summed E-state index contributed by atoms with van der Waals surface area (Å²) in [4.78, 5) is 0. The van der Waals surface area contributed by atoms with Crippen LogP contribution in [-0.4, -0.2) is 6.10 Å². The zero-order chi connectivity index (χ0) is 18.9. The van der Waals surface area contributed by atoms with Crippen molar-refractivity contribution in [3.8, 4) is 5.75 Å². The van der Waals surface area contributed by atoms with Gasteiger partial charge in [-0.3, -0.25) is 0 Å². The van der Waals surface area contributed by atoms with Gasteiger partial charge in [0.15, 0.2) is 0 Å². The molecule has 0 saturated heterocycles. The first-order valence-corrected chi connectivity index (χ1v) is 9.63. The fourth-order valence-corrected chi connectivity index (χ4v) is 3.38. The molecule has 0 fully saturated rings. The molecule has 0 aliphatic carbocycles. The van der Waals surface area contributed by atoms with Gasteiger partial charge in [0.1, 0.15) is 5.75 Å². The van der Waals surface area contributed by atoms with Crippen molar-refractivity contribution in [2.24, 2.45) is 5.41 Å². The van der Waals surface area contributed by atoms with Gasteiger partial charge in [0.2, 0.25) is 0 Å². The molecule has 0 aliphatic rings. The summed E-state index contributed by atoms with van der Waals surface area (Å²) in [5, 5.41) is 0. The van der Waals surface area contributed by atoms with Crippen molar-refractivity contribution < 1.29 is 4.74 Å². The molecule has 0 unspecified atom stereocenters. The summed E-state index contributed by atoms with van der Waals surface area (Å²) in [6.45, 7) is 25.1. The van der Waals surface area contributed by atoms with Crippen molar-refractivity contribution in [1.82, 2.24) is 0 Å². The third-order valence-electron chi connectivity index (χ3n) is 4.37. The predicted octanol–water partition coefficient (Wildman–Crippen LogP) is 7.05. The Morgan fingerprint density at radius 3 is 1.79 bits per heavy atom. The van der Waals surface area contributed by atoms with E-state index in [0.29, 0.717) is 5.92 Å².